The average Bonchev–Trinajstić information content (AvgIpc) is 2.87. The summed E-state index contributed by atoms with van der Waals surface area (Å²) in [6.45, 7) is 0.961. The van der Waals surface area contributed by atoms with E-state index in [2.05, 4.69) is 20.9 Å². The molecule has 0 saturated carbocycles. The van der Waals surface area contributed by atoms with Crippen molar-refractivity contribution in [3.63, 3.8) is 0 Å². The second-order valence-corrected chi connectivity index (χ2v) is 9.39. The Hall–Kier alpha value is -1.33. The molecule has 0 spiro atoms. The van der Waals surface area contributed by atoms with E-state index in [0.29, 0.717) is 52.5 Å². The molecule has 1 aliphatic heterocycles. The van der Waals surface area contributed by atoms with Gasteiger partial charge in [-0.3, -0.25) is 0 Å². The first kappa shape index (κ1) is 19.4. The molecule has 2 aromatic rings. The van der Waals surface area contributed by atoms with Crippen LogP contribution in [0.1, 0.15) is 22.7 Å². The zero-order valence-electron chi connectivity index (χ0n) is 13.2. The van der Waals surface area contributed by atoms with Crippen LogP contribution >= 0.6 is 27.3 Å². The summed E-state index contributed by atoms with van der Waals surface area (Å²) in [7, 11) is -3.73. The van der Waals surface area contributed by atoms with Gasteiger partial charge in [0.2, 0.25) is 0 Å². The topological polar surface area (TPSA) is 65.5 Å². The van der Waals surface area contributed by atoms with Gasteiger partial charge in [0.05, 0.1) is 30.4 Å². The molecule has 11 heteroatoms. The first-order valence-electron chi connectivity index (χ1n) is 7.44. The Morgan fingerprint density at radius 1 is 1.15 bits per heavy atom. The van der Waals surface area contributed by atoms with E-state index in [9.17, 15) is 21.6 Å². The SMILES string of the molecule is O=S(=O)(Cc1csc(C(F)(F)F)n1)Cc1cc2c(cc1Br)OCCCO2. The highest BCUT2D eigenvalue weighted by atomic mass is 79.9. The minimum Gasteiger partial charge on any atom is -0.490 e. The number of benzene rings is 1. The van der Waals surface area contributed by atoms with Crippen LogP contribution in [-0.4, -0.2) is 26.6 Å². The number of rotatable bonds is 4. The number of nitrogens with zero attached hydrogens (tertiary/aromatic N) is 1. The van der Waals surface area contributed by atoms with Gasteiger partial charge in [-0.15, -0.1) is 11.3 Å². The average molecular weight is 472 g/mol. The molecule has 0 aliphatic carbocycles. The first-order chi connectivity index (χ1) is 12.1. The van der Waals surface area contributed by atoms with Crippen molar-refractivity contribution in [1.29, 1.82) is 0 Å². The number of halogens is 4. The van der Waals surface area contributed by atoms with E-state index in [4.69, 9.17) is 9.47 Å². The fourth-order valence-corrected chi connectivity index (χ4v) is 5.21. The Morgan fingerprint density at radius 3 is 2.42 bits per heavy atom. The second-order valence-electron chi connectivity index (χ2n) is 5.61. The molecule has 26 heavy (non-hydrogen) atoms. The summed E-state index contributed by atoms with van der Waals surface area (Å²) in [5.41, 5.74) is 0.327. The second kappa shape index (κ2) is 7.35. The number of alkyl halides is 3. The summed E-state index contributed by atoms with van der Waals surface area (Å²) in [6.07, 6.45) is -3.87. The van der Waals surface area contributed by atoms with Crippen LogP contribution in [0.3, 0.4) is 0 Å². The molecule has 5 nitrogen and oxygen atoms in total. The van der Waals surface area contributed by atoms with E-state index >= 15 is 0 Å². The van der Waals surface area contributed by atoms with E-state index in [1.807, 2.05) is 0 Å². The summed E-state index contributed by atoms with van der Waals surface area (Å²) >= 11 is 3.69. The molecule has 1 aromatic carbocycles. The third-order valence-corrected chi connectivity index (χ3v) is 6.61. The standard InChI is InChI=1S/C15H13BrF3NO4S2/c16-11-5-13-12(23-2-1-3-24-13)4-9(11)7-26(21,22)8-10-6-25-14(20-10)15(17,18)19/h4-6H,1-3,7-8H2. The third-order valence-electron chi connectivity index (χ3n) is 3.45. The fourth-order valence-electron chi connectivity index (χ4n) is 2.35. The third kappa shape index (κ3) is 4.68. The highest BCUT2D eigenvalue weighted by molar-refractivity contribution is 9.10. The quantitative estimate of drug-likeness (QED) is 0.668. The van der Waals surface area contributed by atoms with E-state index in [1.165, 1.54) is 0 Å². The van der Waals surface area contributed by atoms with Crippen LogP contribution < -0.4 is 9.47 Å². The Balaban J connectivity index is 1.79. The number of aromatic nitrogens is 1. The zero-order valence-corrected chi connectivity index (χ0v) is 16.4. The van der Waals surface area contributed by atoms with Gasteiger partial charge in [0.15, 0.2) is 26.3 Å². The Bertz CT molecular complexity index is 912. The molecule has 0 saturated heterocycles. The number of sulfone groups is 1. The van der Waals surface area contributed by atoms with Crippen LogP contribution in [0, 0.1) is 0 Å². The van der Waals surface area contributed by atoms with Gasteiger partial charge in [-0.05, 0) is 17.7 Å². The largest absolute Gasteiger partial charge is 0.490 e. The lowest BCUT2D eigenvalue weighted by atomic mass is 10.2. The summed E-state index contributed by atoms with van der Waals surface area (Å²) < 4.78 is 74.2. The van der Waals surface area contributed by atoms with Gasteiger partial charge in [0.25, 0.3) is 0 Å². The predicted octanol–water partition coefficient (Wildman–Crippen LogP) is 4.20. The highest BCUT2D eigenvalue weighted by Crippen LogP contribution is 2.36. The van der Waals surface area contributed by atoms with Crippen LogP contribution in [0.2, 0.25) is 0 Å². The molecule has 1 aromatic heterocycles. The number of hydrogen-bond acceptors (Lipinski definition) is 6. The minimum absolute atomic E-state index is 0.118. The Morgan fingerprint density at radius 2 is 1.81 bits per heavy atom. The Kier molecular flexibility index (Phi) is 5.50. The molecule has 142 valence electrons. The molecule has 0 amide bonds. The van der Waals surface area contributed by atoms with Gasteiger partial charge in [0.1, 0.15) is 0 Å². The maximum atomic E-state index is 12.6. The fraction of sp³-hybridized carbons (Fsp3) is 0.400. The minimum atomic E-state index is -4.58. The molecule has 3 rings (SSSR count). The lowest BCUT2D eigenvalue weighted by molar-refractivity contribution is -0.137. The van der Waals surface area contributed by atoms with Gasteiger partial charge < -0.3 is 9.47 Å². The van der Waals surface area contributed by atoms with E-state index in [-0.39, 0.29) is 11.4 Å². The maximum Gasteiger partial charge on any atom is 0.443 e. The zero-order chi connectivity index (χ0) is 18.9. The molecule has 0 radical (unpaired) electrons. The molecule has 0 atom stereocenters. The van der Waals surface area contributed by atoms with Crippen molar-refractivity contribution in [2.45, 2.75) is 24.1 Å². The van der Waals surface area contributed by atoms with Crippen LogP contribution in [0.15, 0.2) is 22.0 Å². The monoisotopic (exact) mass is 471 g/mol. The van der Waals surface area contributed by atoms with Gasteiger partial charge in [0, 0.05) is 16.3 Å². The molecule has 0 bridgehead atoms. The summed E-state index contributed by atoms with van der Waals surface area (Å²) in [5.74, 6) is 0.0394. The normalized spacial score (nSPS) is 14.9. The number of ether oxygens (including phenoxy) is 2. The number of thiazole rings is 1. The van der Waals surface area contributed by atoms with Gasteiger partial charge in [-0.25, -0.2) is 13.4 Å². The Labute approximate surface area is 160 Å². The number of fused-ring (bicyclic) bond motifs is 1. The van der Waals surface area contributed by atoms with Crippen LogP contribution in [0.5, 0.6) is 11.5 Å². The predicted molar refractivity (Wildman–Crippen MR) is 93.2 cm³/mol. The van der Waals surface area contributed by atoms with Crippen molar-refractivity contribution < 1.29 is 31.1 Å². The van der Waals surface area contributed by atoms with Crippen molar-refractivity contribution in [2.24, 2.45) is 0 Å². The summed E-state index contributed by atoms with van der Waals surface area (Å²) in [4.78, 5) is 3.37. The lowest BCUT2D eigenvalue weighted by Gasteiger charge is -2.12. The molecular formula is C15H13BrF3NO4S2. The maximum absolute atomic E-state index is 12.6. The van der Waals surface area contributed by atoms with E-state index < -0.39 is 26.8 Å². The molecule has 0 unspecified atom stereocenters. The van der Waals surface area contributed by atoms with Gasteiger partial charge in [-0.2, -0.15) is 13.2 Å². The van der Waals surface area contributed by atoms with Gasteiger partial charge >= 0.3 is 6.18 Å². The van der Waals surface area contributed by atoms with E-state index in [0.717, 1.165) is 5.38 Å². The van der Waals surface area contributed by atoms with Crippen molar-refractivity contribution >= 4 is 37.1 Å². The van der Waals surface area contributed by atoms with Crippen molar-refractivity contribution in [3.8, 4) is 11.5 Å². The smallest absolute Gasteiger partial charge is 0.443 e. The molecule has 0 fully saturated rings. The lowest BCUT2D eigenvalue weighted by Crippen LogP contribution is -2.10. The highest BCUT2D eigenvalue weighted by Gasteiger charge is 2.35. The molecule has 0 N–H and O–H groups in total. The van der Waals surface area contributed by atoms with Gasteiger partial charge in [-0.1, -0.05) is 15.9 Å². The van der Waals surface area contributed by atoms with Crippen LogP contribution in [0.25, 0.3) is 0 Å². The van der Waals surface area contributed by atoms with Crippen LogP contribution in [0.4, 0.5) is 13.2 Å². The summed E-state index contributed by atoms with van der Waals surface area (Å²) in [6, 6.07) is 3.21. The molecular weight excluding hydrogens is 459 g/mol. The number of hydrogen-bond donors (Lipinski definition) is 0. The van der Waals surface area contributed by atoms with Crippen LogP contribution in [-0.2, 0) is 27.5 Å². The van der Waals surface area contributed by atoms with Crippen molar-refractivity contribution in [1.82, 2.24) is 4.98 Å². The van der Waals surface area contributed by atoms with E-state index in [1.54, 1.807) is 12.1 Å². The first-order valence-corrected chi connectivity index (χ1v) is 10.9. The molecule has 2 heterocycles. The molecule has 1 aliphatic rings. The summed E-state index contributed by atoms with van der Waals surface area (Å²) in [5, 5.41) is 0.0584. The van der Waals surface area contributed by atoms with Crippen molar-refractivity contribution in [3.05, 3.63) is 38.3 Å². The van der Waals surface area contributed by atoms with Crippen molar-refractivity contribution in [2.75, 3.05) is 13.2 Å².